The Morgan fingerprint density at radius 2 is 1.83 bits per heavy atom. The van der Waals surface area contributed by atoms with E-state index in [1.807, 2.05) is 12.1 Å². The topological polar surface area (TPSA) is 57.3 Å². The number of pyridine rings is 1. The molecule has 3 rings (SSSR count). The molecule has 23 heavy (non-hydrogen) atoms. The predicted molar refractivity (Wildman–Crippen MR) is 99.0 cm³/mol. The Morgan fingerprint density at radius 3 is 2.43 bits per heavy atom. The molecule has 1 aromatic rings. The number of rotatable bonds is 3. The van der Waals surface area contributed by atoms with Crippen LogP contribution in [0.3, 0.4) is 0 Å². The van der Waals surface area contributed by atoms with Crippen LogP contribution in [-0.2, 0) is 4.79 Å². The fourth-order valence-electron chi connectivity index (χ4n) is 3.10. The maximum Gasteiger partial charge on any atom is 0.227 e. The Labute approximate surface area is 150 Å². The first-order chi connectivity index (χ1) is 10.3. The lowest BCUT2D eigenvalue weighted by atomic mass is 9.97. The standard InChI is InChI=1S/C16H24N4O.2ClH/c21-16(13-6-8-17-9-7-13)19-14-4-5-15(18-12-14)20-10-2-1-3-11-20;;/h4-5,12-13,17H,1-3,6-11H2,(H,19,21);2*1H. The van der Waals surface area contributed by atoms with Gasteiger partial charge in [0, 0.05) is 19.0 Å². The van der Waals surface area contributed by atoms with Gasteiger partial charge in [0.05, 0.1) is 11.9 Å². The lowest BCUT2D eigenvalue weighted by Crippen LogP contribution is -2.34. The molecule has 0 saturated carbocycles. The van der Waals surface area contributed by atoms with Crippen molar-refractivity contribution in [2.75, 3.05) is 36.4 Å². The van der Waals surface area contributed by atoms with Crippen molar-refractivity contribution in [1.82, 2.24) is 10.3 Å². The number of carbonyl (C=O) groups excluding carboxylic acids is 1. The van der Waals surface area contributed by atoms with Crippen molar-refractivity contribution in [2.24, 2.45) is 5.92 Å². The van der Waals surface area contributed by atoms with Gasteiger partial charge in [0.1, 0.15) is 5.82 Å². The number of amides is 1. The second-order valence-corrected chi connectivity index (χ2v) is 5.97. The van der Waals surface area contributed by atoms with Crippen molar-refractivity contribution in [3.63, 3.8) is 0 Å². The van der Waals surface area contributed by atoms with Crippen LogP contribution in [0.15, 0.2) is 18.3 Å². The van der Waals surface area contributed by atoms with Crippen LogP contribution in [0.1, 0.15) is 32.1 Å². The van der Waals surface area contributed by atoms with Gasteiger partial charge in [-0.3, -0.25) is 4.79 Å². The van der Waals surface area contributed by atoms with Crippen LogP contribution in [0.2, 0.25) is 0 Å². The monoisotopic (exact) mass is 360 g/mol. The Hall–Kier alpha value is -1.04. The Balaban J connectivity index is 0.00000132. The van der Waals surface area contributed by atoms with E-state index >= 15 is 0 Å². The molecule has 130 valence electrons. The van der Waals surface area contributed by atoms with E-state index < -0.39 is 0 Å². The van der Waals surface area contributed by atoms with Crippen LogP contribution >= 0.6 is 24.8 Å². The van der Waals surface area contributed by atoms with Crippen LogP contribution < -0.4 is 15.5 Å². The molecule has 0 spiro atoms. The minimum absolute atomic E-state index is 0. The van der Waals surface area contributed by atoms with Crippen molar-refractivity contribution in [2.45, 2.75) is 32.1 Å². The van der Waals surface area contributed by atoms with Crippen molar-refractivity contribution in [3.8, 4) is 0 Å². The second kappa shape index (κ2) is 9.96. The number of hydrogen-bond donors (Lipinski definition) is 2. The summed E-state index contributed by atoms with van der Waals surface area (Å²) < 4.78 is 0. The molecular formula is C16H26Cl2N4O. The second-order valence-electron chi connectivity index (χ2n) is 5.97. The quantitative estimate of drug-likeness (QED) is 0.869. The number of hydrogen-bond acceptors (Lipinski definition) is 4. The minimum Gasteiger partial charge on any atom is -0.357 e. The first-order valence-corrected chi connectivity index (χ1v) is 8.05. The van der Waals surface area contributed by atoms with Gasteiger partial charge in [-0.05, 0) is 57.3 Å². The summed E-state index contributed by atoms with van der Waals surface area (Å²) in [6, 6.07) is 3.99. The van der Waals surface area contributed by atoms with Gasteiger partial charge in [0.25, 0.3) is 0 Å². The molecule has 2 saturated heterocycles. The SMILES string of the molecule is Cl.Cl.O=C(Nc1ccc(N2CCCCC2)nc1)C1CCNCC1. The molecule has 0 aromatic carbocycles. The summed E-state index contributed by atoms with van der Waals surface area (Å²) in [4.78, 5) is 19.0. The van der Waals surface area contributed by atoms with Crippen LogP contribution in [0, 0.1) is 5.92 Å². The summed E-state index contributed by atoms with van der Waals surface area (Å²) >= 11 is 0. The summed E-state index contributed by atoms with van der Waals surface area (Å²) in [5, 5.41) is 6.27. The van der Waals surface area contributed by atoms with Gasteiger partial charge in [0.2, 0.25) is 5.91 Å². The lowest BCUT2D eigenvalue weighted by molar-refractivity contribution is -0.120. The van der Waals surface area contributed by atoms with E-state index in [0.29, 0.717) is 0 Å². The molecule has 0 unspecified atom stereocenters. The van der Waals surface area contributed by atoms with E-state index in [4.69, 9.17) is 0 Å². The van der Waals surface area contributed by atoms with Gasteiger partial charge in [-0.1, -0.05) is 0 Å². The smallest absolute Gasteiger partial charge is 0.227 e. The number of nitrogens with zero attached hydrogens (tertiary/aromatic N) is 2. The molecule has 0 atom stereocenters. The lowest BCUT2D eigenvalue weighted by Gasteiger charge is -2.27. The number of piperidine rings is 2. The zero-order valence-electron chi connectivity index (χ0n) is 13.3. The largest absolute Gasteiger partial charge is 0.357 e. The first-order valence-electron chi connectivity index (χ1n) is 8.05. The zero-order chi connectivity index (χ0) is 14.5. The Bertz CT molecular complexity index is 471. The summed E-state index contributed by atoms with van der Waals surface area (Å²) in [6.07, 6.45) is 7.44. The third-order valence-corrected chi connectivity index (χ3v) is 4.41. The molecule has 2 aliphatic heterocycles. The van der Waals surface area contributed by atoms with Crippen molar-refractivity contribution >= 4 is 42.2 Å². The van der Waals surface area contributed by atoms with Crippen molar-refractivity contribution in [3.05, 3.63) is 18.3 Å². The van der Waals surface area contributed by atoms with Crippen LogP contribution in [0.5, 0.6) is 0 Å². The highest BCUT2D eigenvalue weighted by Crippen LogP contribution is 2.20. The molecule has 0 bridgehead atoms. The van der Waals surface area contributed by atoms with Crippen LogP contribution in [-0.4, -0.2) is 37.1 Å². The van der Waals surface area contributed by atoms with Crippen LogP contribution in [0.25, 0.3) is 0 Å². The molecule has 2 N–H and O–H groups in total. The molecule has 0 radical (unpaired) electrons. The molecule has 2 aliphatic rings. The number of carbonyl (C=O) groups is 1. The van der Waals surface area contributed by atoms with Gasteiger partial charge >= 0.3 is 0 Å². The van der Waals surface area contributed by atoms with Gasteiger partial charge in [-0.25, -0.2) is 4.98 Å². The van der Waals surface area contributed by atoms with E-state index in [2.05, 4.69) is 20.5 Å². The van der Waals surface area contributed by atoms with E-state index in [1.165, 1.54) is 19.3 Å². The van der Waals surface area contributed by atoms with Crippen LogP contribution in [0.4, 0.5) is 11.5 Å². The number of anilines is 2. The fraction of sp³-hybridized carbons (Fsp3) is 0.625. The molecule has 3 heterocycles. The van der Waals surface area contributed by atoms with E-state index in [9.17, 15) is 4.79 Å². The third-order valence-electron chi connectivity index (χ3n) is 4.41. The highest BCUT2D eigenvalue weighted by molar-refractivity contribution is 5.92. The van der Waals surface area contributed by atoms with Gasteiger partial charge in [-0.15, -0.1) is 24.8 Å². The van der Waals surface area contributed by atoms with Gasteiger partial charge < -0.3 is 15.5 Å². The summed E-state index contributed by atoms with van der Waals surface area (Å²) in [5.74, 6) is 1.28. The highest BCUT2D eigenvalue weighted by atomic mass is 35.5. The van der Waals surface area contributed by atoms with Gasteiger partial charge in [0.15, 0.2) is 0 Å². The third kappa shape index (κ3) is 5.52. The predicted octanol–water partition coefficient (Wildman–Crippen LogP) is 2.85. The number of aromatic nitrogens is 1. The molecule has 2 fully saturated rings. The average molecular weight is 361 g/mol. The molecule has 1 aromatic heterocycles. The van der Waals surface area contributed by atoms with Gasteiger partial charge in [-0.2, -0.15) is 0 Å². The summed E-state index contributed by atoms with van der Waals surface area (Å²) in [6.45, 7) is 4.05. The molecule has 5 nitrogen and oxygen atoms in total. The Kier molecular flexibility index (Phi) is 8.66. The van der Waals surface area contributed by atoms with Crippen molar-refractivity contribution < 1.29 is 4.79 Å². The number of halogens is 2. The average Bonchev–Trinajstić information content (AvgIpc) is 2.57. The molecule has 1 amide bonds. The maximum atomic E-state index is 12.2. The van der Waals surface area contributed by atoms with E-state index in [0.717, 1.165) is 50.5 Å². The highest BCUT2D eigenvalue weighted by Gasteiger charge is 2.21. The Morgan fingerprint density at radius 1 is 1.13 bits per heavy atom. The normalized spacial score (nSPS) is 18.5. The first kappa shape index (κ1) is 20.0. The minimum atomic E-state index is 0. The summed E-state index contributed by atoms with van der Waals surface area (Å²) in [7, 11) is 0. The van der Waals surface area contributed by atoms with E-state index in [1.54, 1.807) is 6.20 Å². The molecule has 7 heteroatoms. The molecule has 0 aliphatic carbocycles. The zero-order valence-corrected chi connectivity index (χ0v) is 14.9. The van der Waals surface area contributed by atoms with Crippen molar-refractivity contribution in [1.29, 1.82) is 0 Å². The fourth-order valence-corrected chi connectivity index (χ4v) is 3.10. The number of nitrogens with one attached hydrogen (secondary N) is 2. The van der Waals surface area contributed by atoms with E-state index in [-0.39, 0.29) is 36.6 Å². The summed E-state index contributed by atoms with van der Waals surface area (Å²) in [5.41, 5.74) is 0.805. The molecular weight excluding hydrogens is 335 g/mol. The maximum absolute atomic E-state index is 12.2.